The molecule has 2 fully saturated rings. The van der Waals surface area contributed by atoms with Crippen LogP contribution >= 0.6 is 11.8 Å². The number of aliphatic carboxylic acids is 1. The Hall–Kier alpha value is -0.260. The summed E-state index contributed by atoms with van der Waals surface area (Å²) in [6.45, 7) is 2.29. The highest BCUT2D eigenvalue weighted by Gasteiger charge is 2.39. The summed E-state index contributed by atoms with van der Waals surface area (Å²) in [6.07, 6.45) is 3.13. The van der Waals surface area contributed by atoms with Crippen LogP contribution in [0.3, 0.4) is 0 Å². The third-order valence-electron chi connectivity index (χ3n) is 3.60. The van der Waals surface area contributed by atoms with Crippen LogP contribution in [0, 0.1) is 0 Å². The predicted octanol–water partition coefficient (Wildman–Crippen LogP) is 1.92. The van der Waals surface area contributed by atoms with Crippen LogP contribution in [0.4, 0.5) is 0 Å². The minimum absolute atomic E-state index is 0.0353. The number of rotatable bonds is 3. The molecular weight excluding hydrogens is 240 g/mol. The Bertz CT molecular complexity index is 270. The molecule has 0 amide bonds. The highest BCUT2D eigenvalue weighted by Crippen LogP contribution is 2.38. The first-order valence-electron chi connectivity index (χ1n) is 6.21. The van der Waals surface area contributed by atoms with Crippen molar-refractivity contribution in [2.45, 2.75) is 50.4 Å². The first kappa shape index (κ1) is 13.2. The van der Waals surface area contributed by atoms with Crippen molar-refractivity contribution in [3.05, 3.63) is 0 Å². The van der Waals surface area contributed by atoms with E-state index >= 15 is 0 Å². The average Bonchev–Trinajstić information content (AvgIpc) is 2.30. The van der Waals surface area contributed by atoms with E-state index in [-0.39, 0.29) is 11.7 Å². The summed E-state index contributed by atoms with van der Waals surface area (Å²) in [6, 6.07) is 0. The van der Waals surface area contributed by atoms with E-state index < -0.39 is 12.1 Å². The predicted molar refractivity (Wildman–Crippen MR) is 66.4 cm³/mol. The van der Waals surface area contributed by atoms with Crippen LogP contribution in [-0.4, -0.2) is 47.0 Å². The molecule has 5 heteroatoms. The Morgan fingerprint density at radius 1 is 1.53 bits per heavy atom. The van der Waals surface area contributed by atoms with Gasteiger partial charge in [0.15, 0.2) is 6.10 Å². The van der Waals surface area contributed by atoms with Gasteiger partial charge in [-0.25, -0.2) is 4.79 Å². The van der Waals surface area contributed by atoms with Crippen molar-refractivity contribution in [3.8, 4) is 0 Å². The van der Waals surface area contributed by atoms with Gasteiger partial charge in [0, 0.05) is 13.0 Å². The fourth-order valence-electron chi connectivity index (χ4n) is 2.54. The molecule has 1 N–H and O–H groups in total. The van der Waals surface area contributed by atoms with E-state index in [1.807, 2.05) is 11.8 Å². The standard InChI is InChI=1S/C12H20O4S/c1-9(11(13)14)16-10-2-5-15-12(8-10)3-6-17-7-4-12/h9-10H,2-8H2,1H3,(H,13,14)/t9-,10?/m1/s1. The SMILES string of the molecule is C[C@@H](OC1CCOC2(CCSCC2)C1)C(=O)O. The molecule has 2 rings (SSSR count). The number of thioether (sulfide) groups is 1. The van der Waals surface area contributed by atoms with Crippen molar-refractivity contribution in [2.24, 2.45) is 0 Å². The first-order valence-corrected chi connectivity index (χ1v) is 7.37. The maximum Gasteiger partial charge on any atom is 0.332 e. The Kier molecular flexibility index (Phi) is 4.33. The number of hydrogen-bond donors (Lipinski definition) is 1. The zero-order valence-electron chi connectivity index (χ0n) is 10.2. The van der Waals surface area contributed by atoms with Gasteiger partial charge in [-0.05, 0) is 37.7 Å². The van der Waals surface area contributed by atoms with Crippen molar-refractivity contribution in [1.82, 2.24) is 0 Å². The summed E-state index contributed by atoms with van der Waals surface area (Å²) >= 11 is 1.97. The Morgan fingerprint density at radius 3 is 2.88 bits per heavy atom. The van der Waals surface area contributed by atoms with Crippen LogP contribution in [0.2, 0.25) is 0 Å². The van der Waals surface area contributed by atoms with Crippen LogP contribution in [0.15, 0.2) is 0 Å². The highest BCUT2D eigenvalue weighted by atomic mass is 32.2. The second-order valence-electron chi connectivity index (χ2n) is 4.88. The number of hydrogen-bond acceptors (Lipinski definition) is 4. The summed E-state index contributed by atoms with van der Waals surface area (Å²) in [5.74, 6) is 1.40. The third-order valence-corrected chi connectivity index (χ3v) is 4.58. The van der Waals surface area contributed by atoms with E-state index in [9.17, 15) is 4.79 Å². The van der Waals surface area contributed by atoms with Gasteiger partial charge in [-0.1, -0.05) is 0 Å². The molecule has 0 radical (unpaired) electrons. The molecule has 0 bridgehead atoms. The molecule has 2 atom stereocenters. The van der Waals surface area contributed by atoms with E-state index in [1.165, 1.54) is 0 Å². The van der Waals surface area contributed by atoms with Gasteiger partial charge in [-0.15, -0.1) is 0 Å². The molecule has 17 heavy (non-hydrogen) atoms. The van der Waals surface area contributed by atoms with Crippen LogP contribution in [0.25, 0.3) is 0 Å². The number of ether oxygens (including phenoxy) is 2. The van der Waals surface area contributed by atoms with Crippen LogP contribution in [-0.2, 0) is 14.3 Å². The van der Waals surface area contributed by atoms with Crippen LogP contribution in [0.5, 0.6) is 0 Å². The van der Waals surface area contributed by atoms with Crippen LogP contribution < -0.4 is 0 Å². The highest BCUT2D eigenvalue weighted by molar-refractivity contribution is 7.99. The van der Waals surface area contributed by atoms with Gasteiger partial charge in [0.25, 0.3) is 0 Å². The van der Waals surface area contributed by atoms with Gasteiger partial charge in [0.05, 0.1) is 11.7 Å². The largest absolute Gasteiger partial charge is 0.479 e. The molecule has 0 aliphatic carbocycles. The van der Waals surface area contributed by atoms with E-state index in [1.54, 1.807) is 6.92 Å². The second-order valence-corrected chi connectivity index (χ2v) is 6.10. The molecule has 4 nitrogen and oxygen atoms in total. The summed E-state index contributed by atoms with van der Waals surface area (Å²) in [7, 11) is 0. The lowest BCUT2D eigenvalue weighted by Crippen LogP contribution is -2.46. The lowest BCUT2D eigenvalue weighted by molar-refractivity contribution is -0.170. The lowest BCUT2D eigenvalue weighted by Gasteiger charge is -2.43. The fraction of sp³-hybridized carbons (Fsp3) is 0.917. The lowest BCUT2D eigenvalue weighted by atomic mass is 9.86. The quantitative estimate of drug-likeness (QED) is 0.840. The average molecular weight is 260 g/mol. The molecule has 2 aliphatic heterocycles. The Morgan fingerprint density at radius 2 is 2.24 bits per heavy atom. The van der Waals surface area contributed by atoms with Gasteiger partial charge in [-0.2, -0.15) is 11.8 Å². The van der Waals surface area contributed by atoms with Gasteiger partial charge >= 0.3 is 5.97 Å². The molecule has 0 aromatic rings. The van der Waals surface area contributed by atoms with Crippen molar-refractivity contribution >= 4 is 17.7 Å². The van der Waals surface area contributed by atoms with E-state index in [0.29, 0.717) is 6.61 Å². The maximum atomic E-state index is 10.8. The molecule has 2 saturated heterocycles. The molecule has 0 aromatic carbocycles. The minimum Gasteiger partial charge on any atom is -0.479 e. The monoisotopic (exact) mass is 260 g/mol. The molecule has 0 aromatic heterocycles. The number of carboxylic acids is 1. The molecule has 0 saturated carbocycles. The molecular formula is C12H20O4S. The topological polar surface area (TPSA) is 55.8 Å². The van der Waals surface area contributed by atoms with Crippen molar-refractivity contribution < 1.29 is 19.4 Å². The Labute approximate surface area is 106 Å². The van der Waals surface area contributed by atoms with Gasteiger partial charge in [0.1, 0.15) is 0 Å². The zero-order chi connectivity index (χ0) is 12.3. The molecule has 2 aliphatic rings. The smallest absolute Gasteiger partial charge is 0.332 e. The fourth-order valence-corrected chi connectivity index (χ4v) is 3.77. The number of carboxylic acid groups (broad SMARTS) is 1. The molecule has 98 valence electrons. The third kappa shape index (κ3) is 3.36. The maximum absolute atomic E-state index is 10.8. The van der Waals surface area contributed by atoms with E-state index in [4.69, 9.17) is 14.6 Å². The summed E-state index contributed by atoms with van der Waals surface area (Å²) in [5, 5.41) is 8.85. The van der Waals surface area contributed by atoms with Crippen molar-refractivity contribution in [1.29, 1.82) is 0 Å². The molecule has 1 spiro atoms. The number of carbonyl (C=O) groups is 1. The second kappa shape index (κ2) is 5.59. The zero-order valence-corrected chi connectivity index (χ0v) is 11.0. The van der Waals surface area contributed by atoms with E-state index in [0.717, 1.165) is 37.2 Å². The normalized spacial score (nSPS) is 30.1. The van der Waals surface area contributed by atoms with Gasteiger partial charge in [-0.3, -0.25) is 0 Å². The Balaban J connectivity index is 1.90. The summed E-state index contributed by atoms with van der Waals surface area (Å²) in [5.41, 5.74) is -0.0353. The molecule has 1 unspecified atom stereocenters. The van der Waals surface area contributed by atoms with Crippen molar-refractivity contribution in [3.63, 3.8) is 0 Å². The summed E-state index contributed by atoms with van der Waals surface area (Å²) < 4.78 is 11.5. The van der Waals surface area contributed by atoms with E-state index in [2.05, 4.69) is 0 Å². The van der Waals surface area contributed by atoms with Gasteiger partial charge in [0.2, 0.25) is 0 Å². The summed E-state index contributed by atoms with van der Waals surface area (Å²) in [4.78, 5) is 10.8. The van der Waals surface area contributed by atoms with Gasteiger partial charge < -0.3 is 14.6 Å². The van der Waals surface area contributed by atoms with Crippen LogP contribution in [0.1, 0.15) is 32.6 Å². The minimum atomic E-state index is -0.884. The molecule has 2 heterocycles. The van der Waals surface area contributed by atoms with Crippen molar-refractivity contribution in [2.75, 3.05) is 18.1 Å². The first-order chi connectivity index (χ1) is 8.11.